The molecular weight excluding hydrogens is 550 g/mol. The van der Waals surface area contributed by atoms with Crippen molar-refractivity contribution in [2.24, 2.45) is 0 Å². The Morgan fingerprint density at radius 1 is 0.684 bits per heavy atom. The molecule has 2 atom stereocenters. The van der Waals surface area contributed by atoms with E-state index in [1.807, 2.05) is 0 Å². The molecule has 0 bridgehead atoms. The predicted molar refractivity (Wildman–Crippen MR) is 140 cm³/mol. The maximum atomic E-state index is 13.6. The third-order valence-corrected chi connectivity index (χ3v) is 11.2. The van der Waals surface area contributed by atoms with E-state index in [1.54, 1.807) is 45.0 Å². The zero-order valence-electron chi connectivity index (χ0n) is 20.9. The van der Waals surface area contributed by atoms with Crippen LogP contribution in [0.1, 0.15) is 23.1 Å². The molecule has 0 aliphatic carbocycles. The van der Waals surface area contributed by atoms with E-state index >= 15 is 0 Å². The molecule has 1 aliphatic rings. The Bertz CT molecular complexity index is 1660. The molecule has 0 amide bonds. The Balaban J connectivity index is 1.72. The van der Waals surface area contributed by atoms with Crippen LogP contribution in [0.3, 0.4) is 0 Å². The van der Waals surface area contributed by atoms with E-state index in [-0.39, 0.29) is 14.7 Å². The minimum absolute atomic E-state index is 0.141. The molecule has 38 heavy (non-hydrogen) atoms. The third-order valence-electron chi connectivity index (χ3n) is 6.29. The van der Waals surface area contributed by atoms with Crippen molar-refractivity contribution in [3.8, 4) is 0 Å². The quantitative estimate of drug-likeness (QED) is 0.391. The molecule has 0 aromatic heterocycles. The number of sulfonamides is 1. The summed E-state index contributed by atoms with van der Waals surface area (Å²) in [5.74, 6) is 0. The fourth-order valence-electron chi connectivity index (χ4n) is 4.12. The predicted octanol–water partition coefficient (Wildman–Crippen LogP) is 3.15. The molecule has 3 aromatic rings. The smallest absolute Gasteiger partial charge is 0.279 e. The highest BCUT2D eigenvalue weighted by atomic mass is 32.2. The summed E-state index contributed by atoms with van der Waals surface area (Å²) in [7, 11) is -13.3. The maximum absolute atomic E-state index is 13.6. The molecule has 1 heterocycles. The second-order valence-corrected chi connectivity index (χ2v) is 14.6. The summed E-state index contributed by atoms with van der Waals surface area (Å²) in [4.78, 5) is 12.8. The lowest BCUT2D eigenvalue weighted by Crippen LogP contribution is -2.43. The van der Waals surface area contributed by atoms with Gasteiger partial charge in [0.15, 0.2) is 0 Å². The minimum atomic E-state index is -4.60. The number of hydrogen-bond acceptors (Lipinski definition) is 8. The van der Waals surface area contributed by atoms with Crippen molar-refractivity contribution in [2.75, 3.05) is 6.54 Å². The van der Waals surface area contributed by atoms with Crippen molar-refractivity contribution in [3.63, 3.8) is 0 Å². The lowest BCUT2D eigenvalue weighted by atomic mass is 10.2. The van der Waals surface area contributed by atoms with Crippen molar-refractivity contribution in [2.45, 2.75) is 54.0 Å². The minimum Gasteiger partial charge on any atom is -0.279 e. The van der Waals surface area contributed by atoms with E-state index in [2.05, 4.69) is 0 Å². The molecule has 1 aliphatic heterocycles. The van der Waals surface area contributed by atoms with Gasteiger partial charge in [0.05, 0.1) is 20.8 Å². The van der Waals surface area contributed by atoms with Gasteiger partial charge in [-0.3, -0.25) is 8.98 Å². The summed E-state index contributed by atoms with van der Waals surface area (Å²) in [6, 6.07) is 15.6. The van der Waals surface area contributed by atoms with Gasteiger partial charge in [-0.05, 0) is 57.2 Å². The monoisotopic (exact) mass is 577 g/mol. The van der Waals surface area contributed by atoms with Crippen LogP contribution in [0.15, 0.2) is 87.5 Å². The van der Waals surface area contributed by atoms with Crippen LogP contribution in [0, 0.1) is 20.8 Å². The standard InChI is InChI=1S/C26H27NO8S3/c1-18-4-10-22(11-5-18)36(29,30)26(28)25-16-21(35-38(33,34)24-14-8-20(3)9-15-24)17-27(25)37(31,32)23-12-6-19(2)7-13-23/h4-15,21,25H,16-17H2,1-3H3/t21-,25+/m0/s1. The molecule has 12 heteroatoms. The summed E-state index contributed by atoms with van der Waals surface area (Å²) in [6.45, 7) is 4.78. The maximum Gasteiger partial charge on any atom is 0.297 e. The Labute approximate surface area is 223 Å². The molecule has 0 radical (unpaired) electrons. The van der Waals surface area contributed by atoms with Gasteiger partial charge in [-0.15, -0.1) is 0 Å². The van der Waals surface area contributed by atoms with Crippen LogP contribution in [0.5, 0.6) is 0 Å². The van der Waals surface area contributed by atoms with Crippen molar-refractivity contribution >= 4 is 35.1 Å². The molecule has 4 rings (SSSR count). The first kappa shape index (κ1) is 28.1. The summed E-state index contributed by atoms with van der Waals surface area (Å²) < 4.78 is 85.4. The molecule has 9 nitrogen and oxygen atoms in total. The zero-order chi connectivity index (χ0) is 27.9. The topological polar surface area (TPSA) is 132 Å². The average Bonchev–Trinajstić information content (AvgIpc) is 3.28. The first-order valence-electron chi connectivity index (χ1n) is 11.7. The number of hydrogen-bond donors (Lipinski definition) is 0. The highest BCUT2D eigenvalue weighted by Gasteiger charge is 2.49. The van der Waals surface area contributed by atoms with Crippen LogP contribution < -0.4 is 0 Å². The average molecular weight is 578 g/mol. The summed E-state index contributed by atoms with van der Waals surface area (Å²) in [5, 5.41) is -1.35. The van der Waals surface area contributed by atoms with Gasteiger partial charge < -0.3 is 0 Å². The Morgan fingerprint density at radius 3 is 1.58 bits per heavy atom. The van der Waals surface area contributed by atoms with Gasteiger partial charge in [-0.2, -0.15) is 12.7 Å². The number of carbonyl (C=O) groups excluding carboxylic acids is 1. The summed E-state index contributed by atoms with van der Waals surface area (Å²) >= 11 is 0. The van der Waals surface area contributed by atoms with Crippen molar-refractivity contribution in [1.29, 1.82) is 0 Å². The van der Waals surface area contributed by atoms with Gasteiger partial charge >= 0.3 is 0 Å². The third kappa shape index (κ3) is 5.59. The fourth-order valence-corrected chi connectivity index (χ4v) is 8.20. The molecule has 1 fully saturated rings. The first-order valence-corrected chi connectivity index (χ1v) is 16.0. The highest BCUT2D eigenvalue weighted by molar-refractivity contribution is 8.06. The fraction of sp³-hybridized carbons (Fsp3) is 0.269. The summed E-state index contributed by atoms with van der Waals surface area (Å²) in [5.41, 5.74) is 2.40. The molecule has 202 valence electrons. The molecule has 0 saturated carbocycles. The molecule has 0 N–H and O–H groups in total. The number of rotatable bonds is 7. The normalized spacial score (nSPS) is 18.9. The second-order valence-electron chi connectivity index (χ2n) is 9.26. The van der Waals surface area contributed by atoms with Gasteiger partial charge in [0.1, 0.15) is 6.04 Å². The van der Waals surface area contributed by atoms with Crippen LogP contribution in [0.4, 0.5) is 0 Å². The van der Waals surface area contributed by atoms with E-state index in [0.717, 1.165) is 21.0 Å². The SMILES string of the molecule is Cc1ccc(S(=O)(=O)O[C@H]2C[C@H](C(=O)S(=O)(=O)c3ccc(C)cc3)N(S(=O)(=O)c3ccc(C)cc3)C2)cc1. The number of nitrogens with zero attached hydrogens (tertiary/aromatic N) is 1. The molecular formula is C26H27NO8S3. The van der Waals surface area contributed by atoms with Crippen molar-refractivity contribution in [1.82, 2.24) is 4.31 Å². The molecule has 0 spiro atoms. The highest BCUT2D eigenvalue weighted by Crippen LogP contribution is 2.32. The van der Waals surface area contributed by atoms with Gasteiger partial charge in [-0.25, -0.2) is 16.8 Å². The van der Waals surface area contributed by atoms with Gasteiger partial charge in [0, 0.05) is 13.0 Å². The number of benzene rings is 3. The largest absolute Gasteiger partial charge is 0.297 e. The van der Waals surface area contributed by atoms with E-state index in [4.69, 9.17) is 4.18 Å². The van der Waals surface area contributed by atoms with Crippen molar-refractivity contribution < 1.29 is 34.2 Å². The van der Waals surface area contributed by atoms with Crippen LogP contribution in [0.25, 0.3) is 0 Å². The summed E-state index contributed by atoms with van der Waals surface area (Å²) in [6.07, 6.45) is -1.75. The second kappa shape index (κ2) is 10.3. The zero-order valence-corrected chi connectivity index (χ0v) is 23.4. The molecule has 3 aromatic carbocycles. The Kier molecular flexibility index (Phi) is 7.65. The van der Waals surface area contributed by atoms with E-state index in [1.165, 1.54) is 48.5 Å². The van der Waals surface area contributed by atoms with Crippen LogP contribution in [-0.4, -0.2) is 53.4 Å². The van der Waals surface area contributed by atoms with Gasteiger partial charge in [-0.1, -0.05) is 53.1 Å². The van der Waals surface area contributed by atoms with E-state index < -0.39 is 60.2 Å². The lowest BCUT2D eigenvalue weighted by molar-refractivity contribution is -0.114. The van der Waals surface area contributed by atoms with Crippen molar-refractivity contribution in [3.05, 3.63) is 89.5 Å². The van der Waals surface area contributed by atoms with Gasteiger partial charge in [0.25, 0.3) is 15.2 Å². The van der Waals surface area contributed by atoms with E-state index in [0.29, 0.717) is 0 Å². The molecule has 1 saturated heterocycles. The van der Waals surface area contributed by atoms with E-state index in [9.17, 15) is 30.0 Å². The van der Waals surface area contributed by atoms with Crippen LogP contribution >= 0.6 is 0 Å². The van der Waals surface area contributed by atoms with Gasteiger partial charge in [0.2, 0.25) is 19.9 Å². The number of aryl methyl sites for hydroxylation is 3. The van der Waals surface area contributed by atoms with Crippen LogP contribution in [-0.2, 0) is 39.0 Å². The van der Waals surface area contributed by atoms with Crippen LogP contribution in [0.2, 0.25) is 0 Å². The Hall–Kier alpha value is -2.90. The number of carbonyl (C=O) groups is 1. The molecule has 0 unspecified atom stereocenters. The first-order chi connectivity index (χ1) is 17.7. The lowest BCUT2D eigenvalue weighted by Gasteiger charge is -2.22. The Morgan fingerprint density at radius 2 is 1.11 bits per heavy atom. The number of sulfone groups is 1.